The highest BCUT2D eigenvalue weighted by Crippen LogP contribution is 2.24. The van der Waals surface area contributed by atoms with E-state index in [4.69, 9.17) is 0 Å². The summed E-state index contributed by atoms with van der Waals surface area (Å²) in [6.07, 6.45) is 2.81. The first kappa shape index (κ1) is 14.5. The lowest BCUT2D eigenvalue weighted by atomic mass is 10.1. The molecule has 1 atom stereocenters. The highest BCUT2D eigenvalue weighted by atomic mass is 19.1. The van der Waals surface area contributed by atoms with Crippen molar-refractivity contribution in [1.29, 1.82) is 0 Å². The minimum atomic E-state index is -0.236. The molecule has 0 spiro atoms. The van der Waals surface area contributed by atoms with Crippen molar-refractivity contribution in [2.75, 3.05) is 19.0 Å². The highest BCUT2D eigenvalue weighted by Gasteiger charge is 2.10. The Morgan fingerprint density at radius 1 is 1.25 bits per heavy atom. The fraction of sp³-hybridized carbons (Fsp3) is 0.312. The van der Waals surface area contributed by atoms with Crippen molar-refractivity contribution in [3.63, 3.8) is 0 Å². The van der Waals surface area contributed by atoms with Crippen LogP contribution in [0.25, 0.3) is 0 Å². The molecule has 0 fully saturated rings. The van der Waals surface area contributed by atoms with Crippen LogP contribution in [0, 0.1) is 5.82 Å². The number of nitrogens with one attached hydrogen (secondary N) is 1. The molecule has 1 aromatic heterocycles. The van der Waals surface area contributed by atoms with Gasteiger partial charge in [0.1, 0.15) is 5.82 Å². The number of halogens is 1. The molecule has 0 bridgehead atoms. The number of benzene rings is 1. The van der Waals surface area contributed by atoms with Gasteiger partial charge in [0, 0.05) is 18.8 Å². The van der Waals surface area contributed by atoms with Crippen LogP contribution in [0.2, 0.25) is 0 Å². The molecule has 0 saturated heterocycles. The summed E-state index contributed by atoms with van der Waals surface area (Å²) in [6.45, 7) is 2.12. The fourth-order valence-corrected chi connectivity index (χ4v) is 2.20. The summed E-state index contributed by atoms with van der Waals surface area (Å²) < 4.78 is 13.3. The Labute approximate surface area is 119 Å². The van der Waals surface area contributed by atoms with Crippen LogP contribution in [0.1, 0.15) is 25.1 Å². The number of rotatable bonds is 5. The van der Waals surface area contributed by atoms with E-state index in [2.05, 4.69) is 17.2 Å². The average molecular weight is 273 g/mol. The third-order valence-corrected chi connectivity index (χ3v) is 3.47. The normalized spacial score (nSPS) is 12.2. The molecule has 1 aromatic carbocycles. The van der Waals surface area contributed by atoms with Gasteiger partial charge >= 0.3 is 0 Å². The highest BCUT2D eigenvalue weighted by molar-refractivity contribution is 5.61. The van der Waals surface area contributed by atoms with Crippen LogP contribution in [0.3, 0.4) is 0 Å². The lowest BCUT2D eigenvalue weighted by molar-refractivity contribution is 0.561. The maximum absolute atomic E-state index is 13.3. The summed E-state index contributed by atoms with van der Waals surface area (Å²) in [5.74, 6) is -0.236. The average Bonchev–Trinajstić information content (AvgIpc) is 2.48. The predicted octanol–water partition coefficient (Wildman–Crippen LogP) is 3.66. The molecule has 1 N–H and O–H groups in total. The topological polar surface area (TPSA) is 28.2 Å². The second-order valence-corrected chi connectivity index (χ2v) is 4.73. The Balaban J connectivity index is 2.21. The van der Waals surface area contributed by atoms with Gasteiger partial charge in [-0.1, -0.05) is 13.0 Å². The minimum absolute atomic E-state index is 0.236. The Morgan fingerprint density at radius 3 is 2.60 bits per heavy atom. The number of anilines is 2. The third kappa shape index (κ3) is 3.14. The zero-order valence-electron chi connectivity index (χ0n) is 12.1. The van der Waals surface area contributed by atoms with Gasteiger partial charge in [-0.2, -0.15) is 0 Å². The molecule has 0 amide bonds. The molecular weight excluding hydrogens is 253 g/mol. The molecule has 0 aliphatic rings. The van der Waals surface area contributed by atoms with Gasteiger partial charge in [-0.3, -0.25) is 4.98 Å². The maximum Gasteiger partial charge on any atom is 0.125 e. The number of pyridine rings is 1. The molecule has 1 heterocycles. The SMILES string of the molecule is CCC(NC)c1ccc(N(C)c2cccc(F)c2)cn1. The van der Waals surface area contributed by atoms with Gasteiger partial charge < -0.3 is 10.2 Å². The van der Waals surface area contributed by atoms with E-state index in [1.807, 2.05) is 43.4 Å². The monoisotopic (exact) mass is 273 g/mol. The number of hydrogen-bond donors (Lipinski definition) is 1. The Morgan fingerprint density at radius 2 is 2.05 bits per heavy atom. The van der Waals surface area contributed by atoms with Crippen LogP contribution in [0.15, 0.2) is 42.6 Å². The van der Waals surface area contributed by atoms with Crippen molar-refractivity contribution in [2.45, 2.75) is 19.4 Å². The summed E-state index contributed by atoms with van der Waals surface area (Å²) in [5.41, 5.74) is 2.76. The second kappa shape index (κ2) is 6.48. The number of aromatic nitrogens is 1. The number of nitrogens with zero attached hydrogens (tertiary/aromatic N) is 2. The minimum Gasteiger partial charge on any atom is -0.343 e. The van der Waals surface area contributed by atoms with Crippen LogP contribution < -0.4 is 10.2 Å². The first-order chi connectivity index (χ1) is 9.65. The first-order valence-corrected chi connectivity index (χ1v) is 6.78. The third-order valence-electron chi connectivity index (χ3n) is 3.47. The Bertz CT molecular complexity index is 550. The van der Waals surface area contributed by atoms with Gasteiger partial charge in [0.15, 0.2) is 0 Å². The van der Waals surface area contributed by atoms with E-state index in [1.54, 1.807) is 6.07 Å². The standard InChI is InChI=1S/C16H20FN3/c1-4-15(18-2)16-9-8-14(11-19-16)20(3)13-7-5-6-12(17)10-13/h5-11,15,18H,4H2,1-3H3. The van der Waals surface area contributed by atoms with Gasteiger partial charge in [0.2, 0.25) is 0 Å². The predicted molar refractivity (Wildman–Crippen MR) is 80.8 cm³/mol. The van der Waals surface area contributed by atoms with Crippen molar-refractivity contribution in [2.24, 2.45) is 0 Å². The van der Waals surface area contributed by atoms with Crippen molar-refractivity contribution in [3.8, 4) is 0 Å². The smallest absolute Gasteiger partial charge is 0.125 e. The summed E-state index contributed by atoms with van der Waals surface area (Å²) in [7, 11) is 3.84. The molecular formula is C16H20FN3. The van der Waals surface area contributed by atoms with Crippen LogP contribution in [-0.2, 0) is 0 Å². The molecule has 0 aliphatic heterocycles. The van der Waals surface area contributed by atoms with Crippen molar-refractivity contribution >= 4 is 11.4 Å². The van der Waals surface area contributed by atoms with Crippen LogP contribution >= 0.6 is 0 Å². The van der Waals surface area contributed by atoms with Crippen molar-refractivity contribution < 1.29 is 4.39 Å². The number of hydrogen-bond acceptors (Lipinski definition) is 3. The van der Waals surface area contributed by atoms with Crippen molar-refractivity contribution in [3.05, 3.63) is 54.1 Å². The molecule has 4 heteroatoms. The maximum atomic E-state index is 13.3. The summed E-state index contributed by atoms with van der Waals surface area (Å²) in [5, 5.41) is 3.23. The van der Waals surface area contributed by atoms with E-state index in [1.165, 1.54) is 12.1 Å². The molecule has 2 rings (SSSR count). The molecule has 3 nitrogen and oxygen atoms in total. The zero-order valence-corrected chi connectivity index (χ0v) is 12.1. The molecule has 106 valence electrons. The summed E-state index contributed by atoms with van der Waals surface area (Å²) in [4.78, 5) is 6.41. The van der Waals surface area contributed by atoms with Crippen LogP contribution in [-0.4, -0.2) is 19.1 Å². The van der Waals surface area contributed by atoms with Crippen LogP contribution in [0.5, 0.6) is 0 Å². The van der Waals surface area contributed by atoms with Crippen LogP contribution in [0.4, 0.5) is 15.8 Å². The van der Waals surface area contributed by atoms with E-state index >= 15 is 0 Å². The molecule has 20 heavy (non-hydrogen) atoms. The van der Waals surface area contributed by atoms with E-state index in [9.17, 15) is 4.39 Å². The molecule has 0 saturated carbocycles. The zero-order chi connectivity index (χ0) is 14.5. The van der Waals surface area contributed by atoms with Gasteiger partial charge in [-0.25, -0.2) is 4.39 Å². The fourth-order valence-electron chi connectivity index (χ4n) is 2.20. The lowest BCUT2D eigenvalue weighted by Gasteiger charge is -2.20. The van der Waals surface area contributed by atoms with E-state index in [0.29, 0.717) is 0 Å². The van der Waals surface area contributed by atoms with Gasteiger partial charge in [0.05, 0.1) is 17.6 Å². The largest absolute Gasteiger partial charge is 0.343 e. The Hall–Kier alpha value is -1.94. The second-order valence-electron chi connectivity index (χ2n) is 4.73. The molecule has 2 aromatic rings. The van der Waals surface area contributed by atoms with Gasteiger partial charge in [0.25, 0.3) is 0 Å². The van der Waals surface area contributed by atoms with E-state index < -0.39 is 0 Å². The van der Waals surface area contributed by atoms with E-state index in [0.717, 1.165) is 23.5 Å². The molecule has 1 unspecified atom stereocenters. The quantitative estimate of drug-likeness (QED) is 0.901. The lowest BCUT2D eigenvalue weighted by Crippen LogP contribution is -2.17. The molecule has 0 radical (unpaired) electrons. The van der Waals surface area contributed by atoms with Gasteiger partial charge in [-0.15, -0.1) is 0 Å². The Kier molecular flexibility index (Phi) is 4.69. The van der Waals surface area contributed by atoms with E-state index in [-0.39, 0.29) is 11.9 Å². The molecule has 0 aliphatic carbocycles. The summed E-state index contributed by atoms with van der Waals surface area (Å²) >= 11 is 0. The van der Waals surface area contributed by atoms with Crippen molar-refractivity contribution in [1.82, 2.24) is 10.3 Å². The van der Waals surface area contributed by atoms with Gasteiger partial charge in [-0.05, 0) is 43.8 Å². The summed E-state index contributed by atoms with van der Waals surface area (Å²) in [6, 6.07) is 10.8. The first-order valence-electron chi connectivity index (χ1n) is 6.78.